The monoisotopic (exact) mass is 296 g/mol. The Morgan fingerprint density at radius 1 is 1.62 bits per heavy atom. The molecule has 1 N–H and O–H groups in total. The van der Waals surface area contributed by atoms with Gasteiger partial charge >= 0.3 is 17.6 Å². The molecule has 21 heavy (non-hydrogen) atoms. The predicted octanol–water partition coefficient (Wildman–Crippen LogP) is -0.401. The number of carbonyl (C=O) groups is 1. The van der Waals surface area contributed by atoms with E-state index in [1.54, 1.807) is 0 Å². The molecule has 0 atom stereocenters. The van der Waals surface area contributed by atoms with E-state index in [-0.39, 0.29) is 24.1 Å². The number of hydrogen-bond donors (Lipinski definition) is 1. The van der Waals surface area contributed by atoms with Crippen molar-refractivity contribution in [2.45, 2.75) is 6.54 Å². The standard InChI is InChI=1S/C10H12N6O5/c1-20-5-3-11-9(17)10-12-7(14-21-10)6-15-4-2-8(13-15)16(18)19/h2,4H,3,5-6H2,1H3,(H,11,17). The summed E-state index contributed by atoms with van der Waals surface area (Å²) in [5, 5.41) is 20.3. The minimum Gasteiger partial charge on any atom is -0.383 e. The molecule has 0 unspecified atom stereocenters. The molecule has 0 aromatic carbocycles. The Labute approximate surface area is 118 Å². The van der Waals surface area contributed by atoms with Gasteiger partial charge in [-0.3, -0.25) is 4.79 Å². The van der Waals surface area contributed by atoms with Crippen LogP contribution in [0, 0.1) is 10.1 Å². The molecular formula is C10H12N6O5. The summed E-state index contributed by atoms with van der Waals surface area (Å²) >= 11 is 0. The number of hydrogen-bond acceptors (Lipinski definition) is 8. The molecule has 2 aromatic rings. The van der Waals surface area contributed by atoms with Crippen LogP contribution in [-0.2, 0) is 11.3 Å². The lowest BCUT2D eigenvalue weighted by atomic mass is 10.5. The van der Waals surface area contributed by atoms with Gasteiger partial charge < -0.3 is 24.7 Å². The second-order valence-corrected chi connectivity index (χ2v) is 3.89. The molecule has 11 nitrogen and oxygen atoms in total. The lowest BCUT2D eigenvalue weighted by molar-refractivity contribution is -0.389. The van der Waals surface area contributed by atoms with Crippen LogP contribution in [0.15, 0.2) is 16.8 Å². The van der Waals surface area contributed by atoms with Crippen LogP contribution in [0.25, 0.3) is 0 Å². The van der Waals surface area contributed by atoms with Gasteiger partial charge in [0.1, 0.15) is 6.54 Å². The van der Waals surface area contributed by atoms with E-state index >= 15 is 0 Å². The van der Waals surface area contributed by atoms with Crippen LogP contribution in [-0.4, -0.2) is 51.0 Å². The zero-order chi connectivity index (χ0) is 15.2. The van der Waals surface area contributed by atoms with E-state index in [9.17, 15) is 14.9 Å². The van der Waals surface area contributed by atoms with Gasteiger partial charge in [0.15, 0.2) is 5.82 Å². The molecule has 2 rings (SSSR count). The predicted molar refractivity (Wildman–Crippen MR) is 66.5 cm³/mol. The first-order valence-electron chi connectivity index (χ1n) is 5.87. The number of aromatic nitrogens is 4. The number of nitrogens with zero attached hydrogens (tertiary/aromatic N) is 5. The summed E-state index contributed by atoms with van der Waals surface area (Å²) in [6.45, 7) is 0.741. The summed E-state index contributed by atoms with van der Waals surface area (Å²) in [7, 11) is 1.51. The van der Waals surface area contributed by atoms with Crippen LogP contribution >= 0.6 is 0 Å². The molecule has 0 aliphatic heterocycles. The Morgan fingerprint density at radius 3 is 3.10 bits per heavy atom. The summed E-state index contributed by atoms with van der Waals surface area (Å²) in [5.41, 5.74) is 0. The molecule has 2 heterocycles. The number of carbonyl (C=O) groups excluding carboxylic acids is 1. The number of nitrogens with one attached hydrogen (secondary N) is 1. The quantitative estimate of drug-likeness (QED) is 0.413. The van der Waals surface area contributed by atoms with Gasteiger partial charge in [-0.05, 0) is 4.92 Å². The topological polar surface area (TPSA) is 138 Å². The van der Waals surface area contributed by atoms with Gasteiger partial charge in [-0.15, -0.1) is 0 Å². The molecule has 0 bridgehead atoms. The first-order chi connectivity index (χ1) is 10.1. The van der Waals surface area contributed by atoms with Crippen molar-refractivity contribution in [3.8, 4) is 0 Å². The van der Waals surface area contributed by atoms with Crippen molar-refractivity contribution in [3.05, 3.63) is 34.1 Å². The largest absolute Gasteiger partial charge is 0.389 e. The molecular weight excluding hydrogens is 284 g/mol. The summed E-state index contributed by atoms with van der Waals surface area (Å²) in [5.74, 6) is -0.805. The number of rotatable bonds is 7. The summed E-state index contributed by atoms with van der Waals surface area (Å²) in [4.78, 5) is 25.4. The molecule has 0 saturated carbocycles. The van der Waals surface area contributed by atoms with Gasteiger partial charge in [0.2, 0.25) is 0 Å². The Bertz CT molecular complexity index is 635. The van der Waals surface area contributed by atoms with E-state index in [4.69, 9.17) is 9.26 Å². The second-order valence-electron chi connectivity index (χ2n) is 3.89. The van der Waals surface area contributed by atoms with Crippen LogP contribution in [0.3, 0.4) is 0 Å². The molecule has 1 amide bonds. The maximum atomic E-state index is 11.6. The van der Waals surface area contributed by atoms with Gasteiger partial charge in [-0.25, -0.2) is 0 Å². The highest BCUT2D eigenvalue weighted by atomic mass is 16.6. The lowest BCUT2D eigenvalue weighted by Crippen LogP contribution is -2.27. The fourth-order valence-electron chi connectivity index (χ4n) is 1.43. The summed E-state index contributed by atoms with van der Waals surface area (Å²) < 4.78 is 10.9. The highest BCUT2D eigenvalue weighted by Gasteiger charge is 2.17. The third kappa shape index (κ3) is 3.82. The van der Waals surface area contributed by atoms with Gasteiger partial charge in [0.25, 0.3) is 0 Å². The number of nitro groups is 1. The Kier molecular flexibility index (Phi) is 4.56. The van der Waals surface area contributed by atoms with Gasteiger partial charge in [-0.1, -0.05) is 5.16 Å². The number of methoxy groups -OCH3 is 1. The highest BCUT2D eigenvalue weighted by molar-refractivity contribution is 5.89. The van der Waals surface area contributed by atoms with Crippen LogP contribution in [0.4, 0.5) is 5.82 Å². The van der Waals surface area contributed by atoms with E-state index in [0.29, 0.717) is 13.2 Å². The van der Waals surface area contributed by atoms with Crippen LogP contribution in [0.2, 0.25) is 0 Å². The van der Waals surface area contributed by atoms with Crippen molar-refractivity contribution in [2.75, 3.05) is 20.3 Å². The minimum atomic E-state index is -0.610. The SMILES string of the molecule is COCCNC(=O)c1nc(Cn2ccc([N+](=O)[O-])n2)no1. The summed E-state index contributed by atoms with van der Waals surface area (Å²) in [6, 6.07) is 1.25. The Hall–Kier alpha value is -2.82. The van der Waals surface area contributed by atoms with Crippen LogP contribution < -0.4 is 5.32 Å². The average Bonchev–Trinajstić information content (AvgIpc) is 3.09. The molecule has 0 aliphatic carbocycles. The fraction of sp³-hybridized carbons (Fsp3) is 0.400. The maximum Gasteiger partial charge on any atom is 0.389 e. The van der Waals surface area contributed by atoms with Crippen molar-refractivity contribution in [2.24, 2.45) is 0 Å². The van der Waals surface area contributed by atoms with E-state index in [0.717, 1.165) is 0 Å². The third-order valence-electron chi connectivity index (χ3n) is 2.37. The van der Waals surface area contributed by atoms with Crippen molar-refractivity contribution < 1.29 is 19.0 Å². The minimum absolute atomic E-state index is 0.0582. The van der Waals surface area contributed by atoms with E-state index in [1.807, 2.05) is 0 Å². The fourth-order valence-corrected chi connectivity index (χ4v) is 1.43. The number of ether oxygens (including phenoxy) is 1. The molecule has 112 valence electrons. The zero-order valence-electron chi connectivity index (χ0n) is 11.1. The van der Waals surface area contributed by atoms with Crippen molar-refractivity contribution >= 4 is 11.7 Å². The van der Waals surface area contributed by atoms with Crippen molar-refractivity contribution in [3.63, 3.8) is 0 Å². The van der Waals surface area contributed by atoms with Crippen molar-refractivity contribution in [1.29, 1.82) is 0 Å². The zero-order valence-corrected chi connectivity index (χ0v) is 11.1. The second kappa shape index (κ2) is 6.56. The molecule has 0 aliphatic rings. The molecule has 0 spiro atoms. The van der Waals surface area contributed by atoms with E-state index in [2.05, 4.69) is 20.6 Å². The van der Waals surface area contributed by atoms with Crippen LogP contribution in [0.5, 0.6) is 0 Å². The summed E-state index contributed by atoms with van der Waals surface area (Å²) in [6.07, 6.45) is 1.41. The van der Waals surface area contributed by atoms with E-state index in [1.165, 1.54) is 24.1 Å². The first-order valence-corrected chi connectivity index (χ1v) is 5.87. The molecule has 2 aromatic heterocycles. The molecule has 0 fully saturated rings. The third-order valence-corrected chi connectivity index (χ3v) is 2.37. The highest BCUT2D eigenvalue weighted by Crippen LogP contribution is 2.07. The average molecular weight is 296 g/mol. The van der Waals surface area contributed by atoms with Gasteiger partial charge in [0, 0.05) is 13.7 Å². The molecule has 0 saturated heterocycles. The lowest BCUT2D eigenvalue weighted by Gasteiger charge is -1.99. The Balaban J connectivity index is 1.96. The van der Waals surface area contributed by atoms with Gasteiger partial charge in [-0.2, -0.15) is 9.67 Å². The Morgan fingerprint density at radius 2 is 2.43 bits per heavy atom. The van der Waals surface area contributed by atoms with Crippen molar-refractivity contribution in [1.82, 2.24) is 25.2 Å². The maximum absolute atomic E-state index is 11.6. The number of amides is 1. The van der Waals surface area contributed by atoms with Gasteiger partial charge in [0.05, 0.1) is 24.0 Å². The van der Waals surface area contributed by atoms with E-state index < -0.39 is 10.8 Å². The first kappa shape index (κ1) is 14.6. The molecule has 11 heteroatoms. The normalized spacial score (nSPS) is 10.5. The smallest absolute Gasteiger partial charge is 0.383 e. The molecule has 0 radical (unpaired) electrons. The van der Waals surface area contributed by atoms with Crippen LogP contribution in [0.1, 0.15) is 16.5 Å².